The lowest BCUT2D eigenvalue weighted by Gasteiger charge is -2.01. The molecule has 148 valence electrons. The third kappa shape index (κ3) is 8.24. The number of benzene rings is 1. The van der Waals surface area contributed by atoms with E-state index >= 15 is 0 Å². The first-order valence-electron chi connectivity index (χ1n) is 10.1. The van der Waals surface area contributed by atoms with Crippen LogP contribution >= 0.6 is 0 Å². The van der Waals surface area contributed by atoms with Crippen LogP contribution in [0.1, 0.15) is 76.1 Å². The van der Waals surface area contributed by atoms with Crippen molar-refractivity contribution < 1.29 is 14.4 Å². The number of nitrogens with one attached hydrogen (secondary N) is 1. The van der Waals surface area contributed by atoms with Crippen LogP contribution in [0.5, 0.6) is 0 Å². The molecule has 2 rings (SSSR count). The van der Waals surface area contributed by atoms with Gasteiger partial charge >= 0.3 is 6.09 Å². The van der Waals surface area contributed by atoms with Crippen LogP contribution in [0, 0.1) is 0 Å². The molecule has 2 N–H and O–H groups in total. The van der Waals surface area contributed by atoms with Gasteiger partial charge < -0.3 is 14.9 Å². The molecule has 0 unspecified atom stereocenters. The summed E-state index contributed by atoms with van der Waals surface area (Å²) in [5, 5.41) is 15.0. The summed E-state index contributed by atoms with van der Waals surface area (Å²) in [4.78, 5) is 15.0. The Kier molecular flexibility index (Phi) is 9.38. The number of aromatic nitrogens is 2. The van der Waals surface area contributed by atoms with Crippen molar-refractivity contribution in [3.05, 3.63) is 35.7 Å². The second-order valence-electron chi connectivity index (χ2n) is 6.95. The van der Waals surface area contributed by atoms with Crippen molar-refractivity contribution in [3.8, 4) is 11.5 Å². The number of carboxylic acid groups (broad SMARTS) is 1. The van der Waals surface area contributed by atoms with Gasteiger partial charge in [0.25, 0.3) is 5.89 Å². The number of rotatable bonds is 13. The molecule has 0 fully saturated rings. The van der Waals surface area contributed by atoms with Gasteiger partial charge in [0, 0.05) is 18.5 Å². The third-order valence-electron chi connectivity index (χ3n) is 4.62. The lowest BCUT2D eigenvalue weighted by Crippen LogP contribution is -2.19. The number of nitrogens with zero attached hydrogens (tertiary/aromatic N) is 2. The van der Waals surface area contributed by atoms with Gasteiger partial charge in [0.15, 0.2) is 5.82 Å². The van der Waals surface area contributed by atoms with Crippen molar-refractivity contribution in [1.82, 2.24) is 15.5 Å². The van der Waals surface area contributed by atoms with E-state index in [1.54, 1.807) is 0 Å². The van der Waals surface area contributed by atoms with Crippen LogP contribution in [0.2, 0.25) is 0 Å². The Morgan fingerprint density at radius 2 is 1.63 bits per heavy atom. The molecule has 6 nitrogen and oxygen atoms in total. The minimum Gasteiger partial charge on any atom is -0.465 e. The standard InChI is InChI=1S/C21H31N3O3/c1-2-3-4-5-6-7-8-9-10-11-19-23-20(27-24-19)18-14-12-17(13-15-18)16-22-21(25)26/h12-15,22H,2-11,16H2,1H3,(H,25,26). The quantitative estimate of drug-likeness (QED) is 0.448. The molecule has 0 radical (unpaired) electrons. The van der Waals surface area contributed by atoms with Gasteiger partial charge in [-0.1, -0.05) is 75.6 Å². The van der Waals surface area contributed by atoms with Gasteiger partial charge in [-0.2, -0.15) is 4.98 Å². The Balaban J connectivity index is 1.66. The molecule has 0 aliphatic carbocycles. The number of unbranched alkanes of at least 4 members (excludes halogenated alkanes) is 8. The first-order chi connectivity index (χ1) is 13.2. The minimum absolute atomic E-state index is 0.281. The predicted octanol–water partition coefficient (Wildman–Crippen LogP) is 5.58. The SMILES string of the molecule is CCCCCCCCCCCc1noc(-c2ccc(CNC(=O)O)cc2)n1. The van der Waals surface area contributed by atoms with E-state index in [1.807, 2.05) is 24.3 Å². The molecular weight excluding hydrogens is 342 g/mol. The molecule has 1 aromatic heterocycles. The molecular formula is C21H31N3O3. The van der Waals surface area contributed by atoms with Gasteiger partial charge in [-0.25, -0.2) is 4.79 Å². The fraction of sp³-hybridized carbons (Fsp3) is 0.571. The molecule has 0 spiro atoms. The summed E-state index contributed by atoms with van der Waals surface area (Å²) in [6.07, 6.45) is 11.5. The third-order valence-corrected chi connectivity index (χ3v) is 4.62. The van der Waals surface area contributed by atoms with E-state index in [2.05, 4.69) is 22.4 Å². The van der Waals surface area contributed by atoms with E-state index in [4.69, 9.17) is 9.63 Å². The fourth-order valence-electron chi connectivity index (χ4n) is 3.01. The zero-order valence-corrected chi connectivity index (χ0v) is 16.2. The zero-order valence-electron chi connectivity index (χ0n) is 16.2. The number of hydrogen-bond acceptors (Lipinski definition) is 4. The summed E-state index contributed by atoms with van der Waals surface area (Å²) in [7, 11) is 0. The van der Waals surface area contributed by atoms with E-state index in [0.717, 1.165) is 29.8 Å². The summed E-state index contributed by atoms with van der Waals surface area (Å²) >= 11 is 0. The molecule has 1 aromatic carbocycles. The van der Waals surface area contributed by atoms with Gasteiger partial charge in [-0.15, -0.1) is 0 Å². The van der Waals surface area contributed by atoms with E-state index in [9.17, 15) is 4.79 Å². The van der Waals surface area contributed by atoms with Crippen molar-refractivity contribution in [2.75, 3.05) is 0 Å². The van der Waals surface area contributed by atoms with Crippen molar-refractivity contribution in [1.29, 1.82) is 0 Å². The number of hydrogen-bond donors (Lipinski definition) is 2. The summed E-state index contributed by atoms with van der Waals surface area (Å²) < 4.78 is 5.35. The van der Waals surface area contributed by atoms with Crippen LogP contribution in [0.3, 0.4) is 0 Å². The average molecular weight is 373 g/mol. The topological polar surface area (TPSA) is 88.2 Å². The molecule has 1 heterocycles. The Labute approximate surface area is 161 Å². The number of amides is 1. The molecule has 0 aliphatic heterocycles. The van der Waals surface area contributed by atoms with Crippen LogP contribution < -0.4 is 5.32 Å². The van der Waals surface area contributed by atoms with Crippen molar-refractivity contribution >= 4 is 6.09 Å². The second kappa shape index (κ2) is 12.1. The van der Waals surface area contributed by atoms with E-state index < -0.39 is 6.09 Å². The number of carbonyl (C=O) groups is 1. The smallest absolute Gasteiger partial charge is 0.404 e. The highest BCUT2D eigenvalue weighted by Crippen LogP contribution is 2.19. The lowest BCUT2D eigenvalue weighted by atomic mass is 10.1. The molecule has 2 aromatic rings. The highest BCUT2D eigenvalue weighted by Gasteiger charge is 2.09. The average Bonchev–Trinajstić information content (AvgIpc) is 3.14. The maximum absolute atomic E-state index is 10.5. The van der Waals surface area contributed by atoms with E-state index in [1.165, 1.54) is 51.4 Å². The first-order valence-corrected chi connectivity index (χ1v) is 10.1. The Morgan fingerprint density at radius 1 is 1.00 bits per heavy atom. The van der Waals surface area contributed by atoms with E-state index in [0.29, 0.717) is 5.89 Å². The maximum Gasteiger partial charge on any atom is 0.404 e. The molecule has 0 bridgehead atoms. The van der Waals surface area contributed by atoms with Gasteiger partial charge in [0.1, 0.15) is 0 Å². The molecule has 0 saturated heterocycles. The van der Waals surface area contributed by atoms with Gasteiger partial charge in [0.2, 0.25) is 0 Å². The minimum atomic E-state index is -1.03. The first kappa shape index (κ1) is 20.9. The molecule has 0 saturated carbocycles. The van der Waals surface area contributed by atoms with Crippen molar-refractivity contribution in [3.63, 3.8) is 0 Å². The van der Waals surface area contributed by atoms with Gasteiger partial charge in [-0.05, 0) is 24.1 Å². The normalized spacial score (nSPS) is 10.9. The lowest BCUT2D eigenvalue weighted by molar-refractivity contribution is 0.194. The molecule has 27 heavy (non-hydrogen) atoms. The Morgan fingerprint density at radius 3 is 2.26 bits per heavy atom. The van der Waals surface area contributed by atoms with Crippen LogP contribution in [0.25, 0.3) is 11.5 Å². The summed E-state index contributed by atoms with van der Waals surface area (Å²) in [6.45, 7) is 2.53. The highest BCUT2D eigenvalue weighted by atomic mass is 16.5. The fourth-order valence-corrected chi connectivity index (χ4v) is 3.01. The highest BCUT2D eigenvalue weighted by molar-refractivity contribution is 5.64. The van der Waals surface area contributed by atoms with E-state index in [-0.39, 0.29) is 6.54 Å². The Hall–Kier alpha value is -2.37. The zero-order chi connectivity index (χ0) is 19.3. The van der Waals surface area contributed by atoms with Crippen LogP contribution in [-0.2, 0) is 13.0 Å². The predicted molar refractivity (Wildman–Crippen MR) is 106 cm³/mol. The molecule has 0 aliphatic rings. The Bertz CT molecular complexity index is 668. The molecule has 6 heteroatoms. The maximum atomic E-state index is 10.5. The van der Waals surface area contributed by atoms with Gasteiger partial charge in [-0.3, -0.25) is 0 Å². The van der Waals surface area contributed by atoms with Crippen LogP contribution in [0.4, 0.5) is 4.79 Å². The van der Waals surface area contributed by atoms with Crippen molar-refractivity contribution in [2.45, 2.75) is 77.7 Å². The van der Waals surface area contributed by atoms with Crippen LogP contribution in [0.15, 0.2) is 28.8 Å². The van der Waals surface area contributed by atoms with Crippen LogP contribution in [-0.4, -0.2) is 21.3 Å². The number of aryl methyl sites for hydroxylation is 1. The molecule has 1 amide bonds. The summed E-state index contributed by atoms with van der Waals surface area (Å²) in [5.41, 5.74) is 1.73. The monoisotopic (exact) mass is 373 g/mol. The second-order valence-corrected chi connectivity index (χ2v) is 6.95. The van der Waals surface area contributed by atoms with Crippen molar-refractivity contribution in [2.24, 2.45) is 0 Å². The van der Waals surface area contributed by atoms with Gasteiger partial charge in [0.05, 0.1) is 0 Å². The largest absolute Gasteiger partial charge is 0.465 e. The summed E-state index contributed by atoms with van der Waals surface area (Å²) in [5.74, 6) is 1.27. The summed E-state index contributed by atoms with van der Waals surface area (Å²) in [6, 6.07) is 7.45. The molecule has 0 atom stereocenters.